The van der Waals surface area contributed by atoms with Crippen molar-refractivity contribution in [3.63, 3.8) is 0 Å². The van der Waals surface area contributed by atoms with Gasteiger partial charge in [-0.05, 0) is 69.5 Å². The fourth-order valence-electron chi connectivity index (χ4n) is 5.36. The van der Waals surface area contributed by atoms with Crippen LogP contribution in [0.4, 0.5) is 0 Å². The molecule has 5 rings (SSSR count). The highest BCUT2D eigenvalue weighted by molar-refractivity contribution is 8.01. The van der Waals surface area contributed by atoms with E-state index in [2.05, 4.69) is 165 Å². The molecule has 0 nitrogen and oxygen atoms in total. The molecule has 0 amide bonds. The molecule has 0 bridgehead atoms. The molecule has 0 atom stereocenters. The summed E-state index contributed by atoms with van der Waals surface area (Å²) in [6.07, 6.45) is 0. The molecule has 5 aromatic carbocycles. The van der Waals surface area contributed by atoms with Crippen molar-refractivity contribution in [1.29, 1.82) is 0 Å². The highest BCUT2D eigenvalue weighted by atomic mass is 32.2. The highest BCUT2D eigenvalue weighted by Gasteiger charge is 2.22. The molecule has 0 aromatic heterocycles. The molecule has 2 heteroatoms. The topological polar surface area (TPSA) is 0 Å². The maximum atomic E-state index is 2.31. The SMILES string of the molecule is Cc1ccccc1-c1cccc(-c2ccc(-c3cccc(-c4ccccc4C)c3SC(C)(C)C)cc2)c1SC(C)(C)C. The number of hydrogen-bond acceptors (Lipinski definition) is 2. The molecule has 0 fully saturated rings. The maximum Gasteiger partial charge on any atom is 0.0234 e. The average Bonchev–Trinajstić information content (AvgIpc) is 2.93. The van der Waals surface area contributed by atoms with Gasteiger partial charge in [0.2, 0.25) is 0 Å². The predicted molar refractivity (Wildman–Crippen MR) is 189 cm³/mol. The minimum Gasteiger partial charge on any atom is -0.119 e. The van der Waals surface area contributed by atoms with Gasteiger partial charge < -0.3 is 0 Å². The first kappa shape index (κ1) is 30.3. The average molecular weight is 587 g/mol. The van der Waals surface area contributed by atoms with Crippen LogP contribution >= 0.6 is 23.5 Å². The van der Waals surface area contributed by atoms with Crippen LogP contribution < -0.4 is 0 Å². The van der Waals surface area contributed by atoms with Crippen LogP contribution in [0.1, 0.15) is 52.7 Å². The van der Waals surface area contributed by atoms with E-state index < -0.39 is 0 Å². The molecule has 0 aliphatic rings. The lowest BCUT2D eigenvalue weighted by molar-refractivity contribution is 0.803. The molecule has 0 spiro atoms. The second-order valence-corrected chi connectivity index (χ2v) is 16.7. The molecule has 0 saturated heterocycles. The number of benzene rings is 5. The maximum absolute atomic E-state index is 2.31. The van der Waals surface area contributed by atoms with E-state index in [1.165, 1.54) is 65.4 Å². The van der Waals surface area contributed by atoms with Crippen molar-refractivity contribution in [2.45, 2.75) is 74.7 Å². The number of aryl methyl sites for hydroxylation is 2. The monoisotopic (exact) mass is 586 g/mol. The highest BCUT2D eigenvalue weighted by Crippen LogP contribution is 2.47. The van der Waals surface area contributed by atoms with Gasteiger partial charge in [-0.15, -0.1) is 23.5 Å². The second kappa shape index (κ2) is 12.2. The minimum atomic E-state index is 0.0859. The quantitative estimate of drug-likeness (QED) is 0.182. The lowest BCUT2D eigenvalue weighted by atomic mass is 9.94. The Hall–Kier alpha value is -3.20. The van der Waals surface area contributed by atoms with Gasteiger partial charge in [0.15, 0.2) is 0 Å². The van der Waals surface area contributed by atoms with Gasteiger partial charge in [0.25, 0.3) is 0 Å². The van der Waals surface area contributed by atoms with Crippen molar-refractivity contribution in [3.05, 3.63) is 120 Å². The number of hydrogen-bond donors (Lipinski definition) is 0. The molecule has 0 unspecified atom stereocenters. The first-order valence-corrected chi connectivity index (χ1v) is 16.4. The molecule has 214 valence electrons. The lowest BCUT2D eigenvalue weighted by Crippen LogP contribution is -2.08. The Balaban J connectivity index is 1.63. The van der Waals surface area contributed by atoms with E-state index in [1.807, 2.05) is 23.5 Å². The Morgan fingerprint density at radius 3 is 1.00 bits per heavy atom. The zero-order valence-electron chi connectivity index (χ0n) is 26.2. The Morgan fingerprint density at radius 1 is 0.357 bits per heavy atom. The number of rotatable bonds is 6. The van der Waals surface area contributed by atoms with Gasteiger partial charge >= 0.3 is 0 Å². The zero-order valence-corrected chi connectivity index (χ0v) is 27.8. The Kier molecular flexibility index (Phi) is 8.78. The van der Waals surface area contributed by atoms with Crippen LogP contribution in [0.25, 0.3) is 44.5 Å². The fourth-order valence-corrected chi connectivity index (χ4v) is 7.76. The molecule has 0 radical (unpaired) electrons. The second-order valence-electron chi connectivity index (χ2n) is 13.0. The van der Waals surface area contributed by atoms with Crippen LogP contribution in [0.5, 0.6) is 0 Å². The molecule has 42 heavy (non-hydrogen) atoms. The van der Waals surface area contributed by atoms with Crippen LogP contribution in [0, 0.1) is 13.8 Å². The third kappa shape index (κ3) is 6.88. The Morgan fingerprint density at radius 2 is 0.667 bits per heavy atom. The van der Waals surface area contributed by atoms with Gasteiger partial charge in [-0.25, -0.2) is 0 Å². The van der Waals surface area contributed by atoms with Gasteiger partial charge in [0.1, 0.15) is 0 Å². The predicted octanol–water partition coefficient (Wildman–Crippen LogP) is 12.8. The van der Waals surface area contributed by atoms with E-state index in [1.54, 1.807) is 0 Å². The summed E-state index contributed by atoms with van der Waals surface area (Å²) in [7, 11) is 0. The summed E-state index contributed by atoms with van der Waals surface area (Å²) in [5, 5.41) is 0. The van der Waals surface area contributed by atoms with Crippen molar-refractivity contribution in [2.75, 3.05) is 0 Å². The summed E-state index contributed by atoms with van der Waals surface area (Å²) in [5.41, 5.74) is 12.9. The van der Waals surface area contributed by atoms with Crippen LogP contribution in [0.2, 0.25) is 0 Å². The van der Waals surface area contributed by atoms with Crippen molar-refractivity contribution in [3.8, 4) is 44.5 Å². The summed E-state index contributed by atoms with van der Waals surface area (Å²) in [5.74, 6) is 0. The van der Waals surface area contributed by atoms with Crippen LogP contribution in [0.3, 0.4) is 0 Å². The lowest BCUT2D eigenvalue weighted by Gasteiger charge is -2.24. The van der Waals surface area contributed by atoms with Gasteiger partial charge in [-0.3, -0.25) is 0 Å². The molecule has 5 aromatic rings. The molecule has 0 aliphatic carbocycles. The Labute approximate surface area is 262 Å². The summed E-state index contributed by atoms with van der Waals surface area (Å²) in [4.78, 5) is 2.69. The first-order valence-electron chi connectivity index (χ1n) is 14.8. The molecule has 0 N–H and O–H groups in total. The van der Waals surface area contributed by atoms with Gasteiger partial charge in [0.05, 0.1) is 0 Å². The van der Waals surface area contributed by atoms with E-state index >= 15 is 0 Å². The number of thioether (sulfide) groups is 2. The van der Waals surface area contributed by atoms with E-state index in [4.69, 9.17) is 0 Å². The third-order valence-corrected chi connectivity index (χ3v) is 9.74. The molecule has 0 aliphatic heterocycles. The van der Waals surface area contributed by atoms with Crippen molar-refractivity contribution < 1.29 is 0 Å². The summed E-state index contributed by atoms with van der Waals surface area (Å²) in [6, 6.07) is 40.2. The summed E-state index contributed by atoms with van der Waals surface area (Å²) < 4.78 is 0.172. The first-order chi connectivity index (χ1) is 19.9. The van der Waals surface area contributed by atoms with Crippen LogP contribution in [-0.4, -0.2) is 9.49 Å². The van der Waals surface area contributed by atoms with E-state index in [9.17, 15) is 0 Å². The molecular weight excluding hydrogens is 545 g/mol. The fraction of sp³-hybridized carbons (Fsp3) is 0.250. The van der Waals surface area contributed by atoms with Gasteiger partial charge in [-0.1, -0.05) is 151 Å². The normalized spacial score (nSPS) is 12.0. The minimum absolute atomic E-state index is 0.0859. The smallest absolute Gasteiger partial charge is 0.0234 e. The van der Waals surface area contributed by atoms with Crippen molar-refractivity contribution >= 4 is 23.5 Å². The van der Waals surface area contributed by atoms with E-state index in [0.29, 0.717) is 0 Å². The van der Waals surface area contributed by atoms with Crippen LogP contribution in [-0.2, 0) is 0 Å². The van der Waals surface area contributed by atoms with Gasteiger partial charge in [0, 0.05) is 19.3 Å². The molecular formula is C40H42S2. The van der Waals surface area contributed by atoms with E-state index in [-0.39, 0.29) is 9.49 Å². The molecule has 0 saturated carbocycles. The third-order valence-electron chi connectivity index (χ3n) is 7.22. The summed E-state index contributed by atoms with van der Waals surface area (Å²) in [6.45, 7) is 18.2. The van der Waals surface area contributed by atoms with Crippen molar-refractivity contribution in [1.82, 2.24) is 0 Å². The zero-order chi connectivity index (χ0) is 30.1. The van der Waals surface area contributed by atoms with Gasteiger partial charge in [-0.2, -0.15) is 0 Å². The largest absolute Gasteiger partial charge is 0.119 e. The van der Waals surface area contributed by atoms with Crippen molar-refractivity contribution in [2.24, 2.45) is 0 Å². The Bertz CT molecular complexity index is 1570. The summed E-state index contributed by atoms with van der Waals surface area (Å²) >= 11 is 3.92. The standard InChI is InChI=1S/C40H42S2/c1-27-15-9-11-17-31(27)35-21-13-19-33(37(35)41-39(3,4)5)29-23-25-30(26-24-29)34-20-14-22-36(38(34)42-40(6,7)8)32-18-12-10-16-28(32)2/h9-26H,1-8H3. The molecule has 0 heterocycles. The van der Waals surface area contributed by atoms with E-state index in [0.717, 1.165) is 0 Å². The van der Waals surface area contributed by atoms with Crippen LogP contribution in [0.15, 0.2) is 119 Å².